The minimum absolute atomic E-state index is 0.0450. The second-order valence-electron chi connectivity index (χ2n) is 6.63. The van der Waals surface area contributed by atoms with Crippen LogP contribution in [0.3, 0.4) is 0 Å². The number of amides is 2. The van der Waals surface area contributed by atoms with E-state index in [2.05, 4.69) is 10.6 Å². The minimum Gasteiger partial charge on any atom is -0.350 e. The van der Waals surface area contributed by atoms with Crippen LogP contribution >= 0.6 is 0 Å². The van der Waals surface area contributed by atoms with E-state index in [-0.39, 0.29) is 17.9 Å². The van der Waals surface area contributed by atoms with Gasteiger partial charge < -0.3 is 10.6 Å². The molecule has 0 spiro atoms. The van der Waals surface area contributed by atoms with Crippen molar-refractivity contribution in [3.8, 4) is 0 Å². The molecule has 0 heterocycles. The lowest BCUT2D eigenvalue weighted by atomic mass is 9.91. The van der Waals surface area contributed by atoms with E-state index < -0.39 is 5.54 Å². The average Bonchev–Trinajstić information content (AvgIpc) is 2.98. The number of carbonyl (C=O) groups excluding carboxylic acids is 2. The van der Waals surface area contributed by atoms with Gasteiger partial charge in [0.25, 0.3) is 5.91 Å². The molecular formula is C19H24N2O2. The van der Waals surface area contributed by atoms with Gasteiger partial charge in [0.05, 0.1) is 5.54 Å². The molecule has 23 heavy (non-hydrogen) atoms. The van der Waals surface area contributed by atoms with Crippen molar-refractivity contribution in [2.24, 2.45) is 0 Å². The molecule has 1 aliphatic rings. The Morgan fingerprint density at radius 2 is 1.70 bits per heavy atom. The van der Waals surface area contributed by atoms with Gasteiger partial charge in [-0.25, -0.2) is 0 Å². The average molecular weight is 312 g/mol. The molecule has 0 atom stereocenters. The van der Waals surface area contributed by atoms with Crippen molar-refractivity contribution in [2.45, 2.75) is 45.7 Å². The molecule has 4 nitrogen and oxygen atoms in total. The fourth-order valence-electron chi connectivity index (χ4n) is 2.49. The maximum atomic E-state index is 12.3. The summed E-state index contributed by atoms with van der Waals surface area (Å²) in [7, 11) is 0. The normalized spacial score (nSPS) is 14.3. The predicted molar refractivity (Wildman–Crippen MR) is 92.0 cm³/mol. The van der Waals surface area contributed by atoms with E-state index in [1.165, 1.54) is 0 Å². The van der Waals surface area contributed by atoms with E-state index >= 15 is 0 Å². The standard InChI is InChI=1S/C19H24N2O2/c1-13(2)20-17(22)15-10-11-16(12-15)19(3,4)21-18(23)14-8-6-5-7-9-14/h5-11,13H,12H2,1-4H3,(H,20,22)(H,21,23). The van der Waals surface area contributed by atoms with Crippen LogP contribution in [0.5, 0.6) is 0 Å². The Hall–Kier alpha value is -2.36. The van der Waals surface area contributed by atoms with Crippen molar-refractivity contribution < 1.29 is 9.59 Å². The van der Waals surface area contributed by atoms with Gasteiger partial charge in [-0.1, -0.05) is 30.4 Å². The van der Waals surface area contributed by atoms with Gasteiger partial charge >= 0.3 is 0 Å². The first-order valence-electron chi connectivity index (χ1n) is 7.88. The summed E-state index contributed by atoms with van der Waals surface area (Å²) >= 11 is 0. The number of rotatable bonds is 5. The van der Waals surface area contributed by atoms with Gasteiger partial charge in [-0.05, 0) is 45.4 Å². The first kappa shape index (κ1) is 17.0. The number of hydrogen-bond donors (Lipinski definition) is 2. The van der Waals surface area contributed by atoms with Gasteiger partial charge in [-0.2, -0.15) is 0 Å². The highest BCUT2D eigenvalue weighted by Gasteiger charge is 2.29. The predicted octanol–water partition coefficient (Wildman–Crippen LogP) is 2.98. The molecular weight excluding hydrogens is 288 g/mol. The zero-order chi connectivity index (χ0) is 17.0. The lowest BCUT2D eigenvalue weighted by Gasteiger charge is -2.28. The molecule has 1 aromatic rings. The van der Waals surface area contributed by atoms with Crippen LogP contribution < -0.4 is 10.6 Å². The number of nitrogens with one attached hydrogen (secondary N) is 2. The Morgan fingerprint density at radius 3 is 2.30 bits per heavy atom. The van der Waals surface area contributed by atoms with E-state index in [4.69, 9.17) is 0 Å². The first-order valence-corrected chi connectivity index (χ1v) is 7.88. The highest BCUT2D eigenvalue weighted by Crippen LogP contribution is 2.28. The Bertz CT molecular complexity index is 655. The zero-order valence-electron chi connectivity index (χ0n) is 14.1. The summed E-state index contributed by atoms with van der Waals surface area (Å²) in [6.45, 7) is 7.78. The lowest BCUT2D eigenvalue weighted by molar-refractivity contribution is -0.118. The molecule has 0 aromatic heterocycles. The van der Waals surface area contributed by atoms with Crippen molar-refractivity contribution in [3.63, 3.8) is 0 Å². The highest BCUT2D eigenvalue weighted by molar-refractivity contribution is 5.96. The molecule has 2 rings (SSSR count). The second-order valence-corrected chi connectivity index (χ2v) is 6.63. The fourth-order valence-corrected chi connectivity index (χ4v) is 2.49. The lowest BCUT2D eigenvalue weighted by Crippen LogP contribution is -2.45. The van der Waals surface area contributed by atoms with Crippen molar-refractivity contribution in [3.05, 3.63) is 59.2 Å². The van der Waals surface area contributed by atoms with Crippen LogP contribution in [0.15, 0.2) is 53.6 Å². The van der Waals surface area contributed by atoms with Crippen LogP contribution in [0.2, 0.25) is 0 Å². The Kier molecular flexibility index (Phi) is 5.04. The molecule has 0 saturated heterocycles. The van der Waals surface area contributed by atoms with Crippen LogP contribution in [0, 0.1) is 0 Å². The second kappa shape index (κ2) is 6.82. The van der Waals surface area contributed by atoms with E-state index in [9.17, 15) is 9.59 Å². The summed E-state index contributed by atoms with van der Waals surface area (Å²) in [6.07, 6.45) is 4.32. The van der Waals surface area contributed by atoms with Crippen LogP contribution in [-0.4, -0.2) is 23.4 Å². The number of benzene rings is 1. The summed E-state index contributed by atoms with van der Waals surface area (Å²) in [5, 5.41) is 5.94. The molecule has 1 aromatic carbocycles. The molecule has 0 radical (unpaired) electrons. The third-order valence-electron chi connectivity index (χ3n) is 3.84. The molecule has 1 aliphatic carbocycles. The quantitative estimate of drug-likeness (QED) is 0.878. The van der Waals surface area contributed by atoms with Gasteiger partial charge in [-0.3, -0.25) is 9.59 Å². The fraction of sp³-hybridized carbons (Fsp3) is 0.368. The van der Waals surface area contributed by atoms with Gasteiger partial charge in [0.1, 0.15) is 0 Å². The van der Waals surface area contributed by atoms with Crippen LogP contribution in [0.4, 0.5) is 0 Å². The minimum atomic E-state index is -0.511. The van der Waals surface area contributed by atoms with Crippen molar-refractivity contribution in [2.75, 3.05) is 0 Å². The van der Waals surface area contributed by atoms with Crippen molar-refractivity contribution in [1.29, 1.82) is 0 Å². The monoisotopic (exact) mass is 312 g/mol. The van der Waals surface area contributed by atoms with E-state index in [0.29, 0.717) is 12.0 Å². The van der Waals surface area contributed by atoms with E-state index in [0.717, 1.165) is 11.1 Å². The molecule has 0 saturated carbocycles. The SMILES string of the molecule is CC(C)NC(=O)C1=CC=C(C(C)(C)NC(=O)c2ccccc2)C1. The summed E-state index contributed by atoms with van der Waals surface area (Å²) in [6, 6.07) is 9.24. The van der Waals surface area contributed by atoms with Crippen molar-refractivity contribution >= 4 is 11.8 Å². The molecule has 0 aliphatic heterocycles. The zero-order valence-corrected chi connectivity index (χ0v) is 14.1. The largest absolute Gasteiger partial charge is 0.350 e. The van der Waals surface area contributed by atoms with Crippen molar-refractivity contribution in [1.82, 2.24) is 10.6 Å². The van der Waals surface area contributed by atoms with E-state index in [1.807, 2.05) is 58.0 Å². The summed E-state index contributed by atoms with van der Waals surface area (Å²) < 4.78 is 0. The first-order chi connectivity index (χ1) is 10.8. The van der Waals surface area contributed by atoms with Gasteiger partial charge in [0.2, 0.25) is 5.91 Å². The molecule has 2 N–H and O–H groups in total. The maximum Gasteiger partial charge on any atom is 0.251 e. The molecule has 0 bridgehead atoms. The molecule has 0 fully saturated rings. The van der Waals surface area contributed by atoms with E-state index in [1.54, 1.807) is 12.1 Å². The molecule has 0 unspecified atom stereocenters. The number of allylic oxidation sites excluding steroid dienone is 2. The summed E-state index contributed by atoms with van der Waals surface area (Å²) in [5.74, 6) is -0.159. The van der Waals surface area contributed by atoms with Gasteiger partial charge in [0, 0.05) is 23.6 Å². The molecule has 4 heteroatoms. The third kappa shape index (κ3) is 4.31. The topological polar surface area (TPSA) is 58.2 Å². The van der Waals surface area contributed by atoms with Crippen LogP contribution in [-0.2, 0) is 4.79 Å². The van der Waals surface area contributed by atoms with Gasteiger partial charge in [-0.15, -0.1) is 0 Å². The molecule has 2 amide bonds. The smallest absolute Gasteiger partial charge is 0.251 e. The molecule has 122 valence electrons. The summed E-state index contributed by atoms with van der Waals surface area (Å²) in [5.41, 5.74) is 1.87. The van der Waals surface area contributed by atoms with Crippen LogP contribution in [0.1, 0.15) is 44.5 Å². The summed E-state index contributed by atoms with van der Waals surface area (Å²) in [4.78, 5) is 24.4. The number of hydrogen-bond acceptors (Lipinski definition) is 2. The maximum absolute atomic E-state index is 12.3. The Morgan fingerprint density at radius 1 is 1.04 bits per heavy atom. The Labute approximate surface area is 137 Å². The Balaban J connectivity index is 1.99. The third-order valence-corrected chi connectivity index (χ3v) is 3.84. The number of carbonyl (C=O) groups is 2. The van der Waals surface area contributed by atoms with Crippen LogP contribution in [0.25, 0.3) is 0 Å². The van der Waals surface area contributed by atoms with Gasteiger partial charge in [0.15, 0.2) is 0 Å². The highest BCUT2D eigenvalue weighted by atomic mass is 16.2.